The quantitative estimate of drug-likeness (QED) is 0.669. The van der Waals surface area contributed by atoms with Gasteiger partial charge in [-0.2, -0.15) is 0 Å². The van der Waals surface area contributed by atoms with Crippen LogP contribution in [0.3, 0.4) is 0 Å². The number of anilines is 1. The van der Waals surface area contributed by atoms with Crippen LogP contribution < -0.4 is 15.4 Å². The molecule has 4 fully saturated rings. The Balaban J connectivity index is 1.26. The summed E-state index contributed by atoms with van der Waals surface area (Å²) in [5.74, 6) is 1.52. The highest BCUT2D eigenvalue weighted by Crippen LogP contribution is 2.60. The monoisotopic (exact) mass is 414 g/mol. The number of esters is 1. The van der Waals surface area contributed by atoms with Gasteiger partial charge in [0.15, 0.2) is 6.61 Å². The van der Waals surface area contributed by atoms with Gasteiger partial charge in [0.05, 0.1) is 7.11 Å². The fourth-order valence-electron chi connectivity index (χ4n) is 5.96. The van der Waals surface area contributed by atoms with Crippen LogP contribution in [0.4, 0.5) is 5.69 Å². The van der Waals surface area contributed by atoms with Crippen molar-refractivity contribution in [2.75, 3.05) is 19.0 Å². The lowest BCUT2D eigenvalue weighted by Gasteiger charge is -2.55. The average molecular weight is 415 g/mol. The van der Waals surface area contributed by atoms with Crippen LogP contribution in [0.2, 0.25) is 0 Å². The van der Waals surface area contributed by atoms with Crippen molar-refractivity contribution in [3.05, 3.63) is 24.3 Å². The van der Waals surface area contributed by atoms with Gasteiger partial charge in [0.1, 0.15) is 11.8 Å². The highest BCUT2D eigenvalue weighted by Gasteiger charge is 2.54. The minimum atomic E-state index is -0.782. The summed E-state index contributed by atoms with van der Waals surface area (Å²) in [6, 6.07) is 6.13. The van der Waals surface area contributed by atoms with Gasteiger partial charge in [0.2, 0.25) is 5.91 Å². The summed E-state index contributed by atoms with van der Waals surface area (Å²) < 4.78 is 10.2. The second kappa shape index (κ2) is 8.28. The van der Waals surface area contributed by atoms with Crippen LogP contribution in [0.25, 0.3) is 0 Å². The molecule has 1 aromatic rings. The molecule has 0 aromatic heterocycles. The van der Waals surface area contributed by atoms with E-state index < -0.39 is 24.5 Å². The van der Waals surface area contributed by atoms with Crippen LogP contribution in [0.15, 0.2) is 24.3 Å². The molecule has 2 N–H and O–H groups in total. The number of hydrogen-bond donors (Lipinski definition) is 2. The number of carbonyl (C=O) groups excluding carboxylic acids is 3. The van der Waals surface area contributed by atoms with E-state index in [0.29, 0.717) is 29.2 Å². The number of ether oxygens (including phenoxy) is 2. The Labute approximate surface area is 176 Å². The van der Waals surface area contributed by atoms with Crippen LogP contribution >= 0.6 is 0 Å². The molecule has 0 aliphatic heterocycles. The van der Waals surface area contributed by atoms with Gasteiger partial charge < -0.3 is 20.1 Å². The number of amides is 2. The van der Waals surface area contributed by atoms with Crippen LogP contribution in [0.5, 0.6) is 5.75 Å². The molecule has 2 amide bonds. The minimum absolute atomic E-state index is 0.0214. The molecule has 0 unspecified atom stereocenters. The van der Waals surface area contributed by atoms with E-state index >= 15 is 0 Å². The van der Waals surface area contributed by atoms with Crippen molar-refractivity contribution < 1.29 is 23.9 Å². The molecule has 0 spiro atoms. The maximum Gasteiger partial charge on any atom is 0.328 e. The lowest BCUT2D eigenvalue weighted by molar-refractivity contribution is -0.154. The third kappa shape index (κ3) is 4.30. The SMILES string of the molecule is COc1cccc(NC(=O)COC(=O)[C@H](C)NC(=O)C23CC4CC(CC(C4)C2)C3)c1. The molecule has 4 aliphatic carbocycles. The van der Waals surface area contributed by atoms with Gasteiger partial charge in [-0.3, -0.25) is 9.59 Å². The summed E-state index contributed by atoms with van der Waals surface area (Å²) in [6.45, 7) is 1.20. The van der Waals surface area contributed by atoms with Crippen molar-refractivity contribution >= 4 is 23.5 Å². The van der Waals surface area contributed by atoms with Gasteiger partial charge in [0, 0.05) is 17.2 Å². The first kappa shape index (κ1) is 20.7. The predicted octanol–water partition coefficient (Wildman–Crippen LogP) is 2.90. The normalized spacial score (nSPS) is 29.7. The molecule has 0 saturated heterocycles. The van der Waals surface area contributed by atoms with Crippen LogP contribution in [-0.4, -0.2) is 37.5 Å². The van der Waals surface area contributed by atoms with Crippen LogP contribution in [-0.2, 0) is 19.1 Å². The molecular weight excluding hydrogens is 384 g/mol. The number of methoxy groups -OCH3 is 1. The zero-order valence-corrected chi connectivity index (χ0v) is 17.6. The Hall–Kier alpha value is -2.57. The Bertz CT molecular complexity index is 801. The molecule has 4 saturated carbocycles. The molecule has 0 radical (unpaired) electrons. The van der Waals surface area contributed by atoms with E-state index in [1.807, 2.05) is 0 Å². The second-order valence-electron chi connectivity index (χ2n) is 9.28. The van der Waals surface area contributed by atoms with Crippen molar-refractivity contribution in [2.45, 2.75) is 51.5 Å². The zero-order chi connectivity index (χ0) is 21.3. The Morgan fingerprint density at radius 2 is 1.73 bits per heavy atom. The maximum absolute atomic E-state index is 13.0. The molecule has 5 rings (SSSR count). The predicted molar refractivity (Wildman–Crippen MR) is 111 cm³/mol. The molecule has 162 valence electrons. The van der Waals surface area contributed by atoms with Crippen molar-refractivity contribution in [3.63, 3.8) is 0 Å². The summed E-state index contributed by atoms with van der Waals surface area (Å²) in [5.41, 5.74) is 0.242. The summed E-state index contributed by atoms with van der Waals surface area (Å²) in [4.78, 5) is 37.4. The number of nitrogens with one attached hydrogen (secondary N) is 2. The first-order valence-corrected chi connectivity index (χ1v) is 10.8. The van der Waals surface area contributed by atoms with Gasteiger partial charge in [0.25, 0.3) is 5.91 Å². The van der Waals surface area contributed by atoms with E-state index in [9.17, 15) is 14.4 Å². The van der Waals surface area contributed by atoms with Gasteiger partial charge in [-0.15, -0.1) is 0 Å². The van der Waals surface area contributed by atoms with Crippen LogP contribution in [0, 0.1) is 23.2 Å². The van der Waals surface area contributed by atoms with Crippen molar-refractivity contribution in [1.29, 1.82) is 0 Å². The first-order valence-electron chi connectivity index (χ1n) is 10.8. The Morgan fingerprint density at radius 1 is 1.10 bits per heavy atom. The molecule has 7 heteroatoms. The third-order valence-corrected chi connectivity index (χ3v) is 6.92. The third-order valence-electron chi connectivity index (χ3n) is 6.92. The molecule has 7 nitrogen and oxygen atoms in total. The van der Waals surface area contributed by atoms with E-state index in [4.69, 9.17) is 9.47 Å². The van der Waals surface area contributed by atoms with Gasteiger partial charge in [-0.1, -0.05) is 6.07 Å². The van der Waals surface area contributed by atoms with Crippen LogP contribution in [0.1, 0.15) is 45.4 Å². The fraction of sp³-hybridized carbons (Fsp3) is 0.609. The van der Waals surface area contributed by atoms with Gasteiger partial charge in [-0.05, 0) is 75.3 Å². The van der Waals surface area contributed by atoms with E-state index in [2.05, 4.69) is 10.6 Å². The second-order valence-corrected chi connectivity index (χ2v) is 9.28. The molecule has 4 aliphatic rings. The van der Waals surface area contributed by atoms with Gasteiger partial charge >= 0.3 is 5.97 Å². The summed E-state index contributed by atoms with van der Waals surface area (Å²) in [7, 11) is 1.54. The number of rotatable bonds is 7. The number of carbonyl (C=O) groups is 3. The minimum Gasteiger partial charge on any atom is -0.497 e. The van der Waals surface area contributed by atoms with Gasteiger partial charge in [-0.25, -0.2) is 4.79 Å². The van der Waals surface area contributed by atoms with Crippen molar-refractivity contribution in [3.8, 4) is 5.75 Å². The highest BCUT2D eigenvalue weighted by molar-refractivity contribution is 5.94. The summed E-state index contributed by atoms with van der Waals surface area (Å²) in [5, 5.41) is 5.52. The molecule has 30 heavy (non-hydrogen) atoms. The highest BCUT2D eigenvalue weighted by atomic mass is 16.5. The average Bonchev–Trinajstić information content (AvgIpc) is 2.71. The Morgan fingerprint density at radius 3 is 2.33 bits per heavy atom. The van der Waals surface area contributed by atoms with E-state index in [-0.39, 0.29) is 11.3 Å². The molecule has 4 bridgehead atoms. The van der Waals surface area contributed by atoms with Crippen molar-refractivity contribution in [2.24, 2.45) is 23.2 Å². The smallest absolute Gasteiger partial charge is 0.328 e. The molecule has 1 atom stereocenters. The zero-order valence-electron chi connectivity index (χ0n) is 17.6. The number of benzene rings is 1. The van der Waals surface area contributed by atoms with Crippen molar-refractivity contribution in [1.82, 2.24) is 5.32 Å². The van der Waals surface area contributed by atoms with E-state index in [1.165, 1.54) is 19.3 Å². The molecular formula is C23H30N2O5. The lowest BCUT2D eigenvalue weighted by Crippen LogP contribution is -2.56. The number of hydrogen-bond acceptors (Lipinski definition) is 5. The molecule has 1 aromatic carbocycles. The lowest BCUT2D eigenvalue weighted by atomic mass is 9.49. The maximum atomic E-state index is 13.0. The topological polar surface area (TPSA) is 93.7 Å². The summed E-state index contributed by atoms with van der Waals surface area (Å²) >= 11 is 0. The first-order chi connectivity index (χ1) is 14.4. The largest absolute Gasteiger partial charge is 0.497 e. The Kier molecular flexibility index (Phi) is 5.71. The summed E-state index contributed by atoms with van der Waals surface area (Å²) in [6.07, 6.45) is 6.59. The van der Waals surface area contributed by atoms with E-state index in [1.54, 1.807) is 38.3 Å². The fourth-order valence-corrected chi connectivity index (χ4v) is 5.96. The molecule has 0 heterocycles. The van der Waals surface area contributed by atoms with E-state index in [0.717, 1.165) is 19.3 Å². The standard InChI is InChI=1S/C23H30N2O5/c1-14(21(27)30-13-20(26)25-18-4-3-5-19(9-18)29-2)24-22(28)23-10-15-6-16(11-23)8-17(7-15)12-23/h3-5,9,14-17H,6-8,10-13H2,1-2H3,(H,24,28)(H,25,26)/t14-,15?,16?,17?,23?/m0/s1.